The van der Waals surface area contributed by atoms with Crippen molar-refractivity contribution in [2.75, 3.05) is 51.8 Å². The molecule has 1 aromatic rings. The van der Waals surface area contributed by atoms with Crippen LogP contribution in [-0.2, 0) is 19.1 Å². The Labute approximate surface area is 189 Å². The van der Waals surface area contributed by atoms with E-state index >= 15 is 0 Å². The fraction of sp³-hybridized carbons (Fsp3) is 0.421. The van der Waals surface area contributed by atoms with E-state index in [2.05, 4.69) is 20.1 Å². The lowest BCUT2D eigenvalue weighted by atomic mass is 10.2. The number of carbonyl (C=O) groups is 2. The number of methoxy groups -OCH3 is 2. The fourth-order valence-electron chi connectivity index (χ4n) is 2.92. The Morgan fingerprint density at radius 2 is 1.81 bits per heavy atom. The van der Waals surface area contributed by atoms with Gasteiger partial charge in [0.05, 0.1) is 38.4 Å². The van der Waals surface area contributed by atoms with Crippen molar-refractivity contribution in [1.29, 1.82) is 0 Å². The van der Waals surface area contributed by atoms with Gasteiger partial charge in [-0.2, -0.15) is 5.10 Å². The fourth-order valence-corrected chi connectivity index (χ4v) is 3.00. The summed E-state index contributed by atoms with van der Waals surface area (Å²) in [5, 5.41) is 6.37. The van der Waals surface area contributed by atoms with E-state index < -0.39 is 17.6 Å². The predicted octanol–water partition coefficient (Wildman–Crippen LogP) is 0.714. The molecule has 0 bridgehead atoms. The molecule has 0 aromatic heterocycles. The van der Waals surface area contributed by atoms with Crippen LogP contribution in [0.1, 0.15) is 6.42 Å². The number of amides is 1. The van der Waals surface area contributed by atoms with E-state index in [9.17, 15) is 18.4 Å². The molecule has 13 heteroatoms. The maximum Gasteiger partial charge on any atom is 0.315 e. The number of aliphatic imine (C=N–C) groups is 1. The normalized spacial score (nSPS) is 14.4. The highest BCUT2D eigenvalue weighted by atomic mass is 32.1. The zero-order valence-corrected chi connectivity index (χ0v) is 18.5. The molecule has 32 heavy (non-hydrogen) atoms. The van der Waals surface area contributed by atoms with Crippen molar-refractivity contribution in [3.63, 3.8) is 0 Å². The minimum Gasteiger partial charge on any atom is -0.474 e. The minimum absolute atomic E-state index is 0.0334. The molecule has 0 unspecified atom stereocenters. The number of nitrogens with one attached hydrogen (secondary N) is 1. The van der Waals surface area contributed by atoms with Crippen molar-refractivity contribution >= 4 is 52.6 Å². The van der Waals surface area contributed by atoms with Gasteiger partial charge < -0.3 is 30.4 Å². The van der Waals surface area contributed by atoms with Crippen LogP contribution < -0.4 is 16.1 Å². The van der Waals surface area contributed by atoms with Gasteiger partial charge in [-0.3, -0.25) is 14.6 Å². The van der Waals surface area contributed by atoms with Crippen molar-refractivity contribution < 1.29 is 27.8 Å². The predicted molar refractivity (Wildman–Crippen MR) is 119 cm³/mol. The third-order valence-electron chi connectivity index (χ3n) is 4.60. The summed E-state index contributed by atoms with van der Waals surface area (Å²) in [6, 6.07) is 2.18. The van der Waals surface area contributed by atoms with Crippen LogP contribution in [-0.4, -0.2) is 80.8 Å². The third kappa shape index (κ3) is 6.83. The second kappa shape index (κ2) is 11.9. The summed E-state index contributed by atoms with van der Waals surface area (Å²) in [7, 11) is 2.60. The number of thiocarbonyl (C=S) groups is 1. The van der Waals surface area contributed by atoms with Crippen molar-refractivity contribution in [3.05, 3.63) is 23.8 Å². The summed E-state index contributed by atoms with van der Waals surface area (Å²) < 4.78 is 38.6. The van der Waals surface area contributed by atoms with Gasteiger partial charge in [0, 0.05) is 38.3 Å². The summed E-state index contributed by atoms with van der Waals surface area (Å²) in [6.07, 6.45) is 0.887. The van der Waals surface area contributed by atoms with Gasteiger partial charge in [0.2, 0.25) is 5.91 Å². The van der Waals surface area contributed by atoms with Crippen molar-refractivity contribution in [2.24, 2.45) is 15.9 Å². The molecule has 174 valence electrons. The third-order valence-corrected chi connectivity index (χ3v) is 4.91. The molecular weight excluding hydrogens is 446 g/mol. The number of hydrogen-bond acceptors (Lipinski definition) is 9. The number of carbonyl (C=O) groups excluding carboxylic acids is 2. The molecule has 1 aliphatic rings. The highest BCUT2D eigenvalue weighted by Crippen LogP contribution is 2.29. The molecule has 1 saturated heterocycles. The molecule has 0 radical (unpaired) electrons. The standard InChI is InChI=1S/C19H24F2N6O4S/c1-30-17(29)9-16(28)26-3-5-27(6-4-26)18-14(20)7-12(8-15(18)21)23-10-13(25-22)11-24-19(32)31-2/h7-8,10H,3-6,9,11,22H2,1-2H3,(H,24,32). The van der Waals surface area contributed by atoms with Crippen LogP contribution in [0, 0.1) is 11.6 Å². The average Bonchev–Trinajstić information content (AvgIpc) is 2.78. The first-order valence-corrected chi connectivity index (χ1v) is 9.91. The van der Waals surface area contributed by atoms with E-state index in [4.69, 9.17) is 22.8 Å². The number of nitrogens with zero attached hydrogens (tertiary/aromatic N) is 4. The Bertz CT molecular complexity index is 896. The van der Waals surface area contributed by atoms with Gasteiger partial charge in [-0.25, -0.2) is 8.78 Å². The Morgan fingerprint density at radius 3 is 2.34 bits per heavy atom. The molecule has 10 nitrogen and oxygen atoms in total. The van der Waals surface area contributed by atoms with Gasteiger partial charge in [0.1, 0.15) is 12.1 Å². The van der Waals surface area contributed by atoms with Gasteiger partial charge >= 0.3 is 5.97 Å². The summed E-state index contributed by atoms with van der Waals surface area (Å²) in [5.41, 5.74) is 0.108. The van der Waals surface area contributed by atoms with Gasteiger partial charge in [0.15, 0.2) is 11.6 Å². The number of esters is 1. The molecule has 0 spiro atoms. The van der Waals surface area contributed by atoms with Crippen LogP contribution in [0.5, 0.6) is 0 Å². The smallest absolute Gasteiger partial charge is 0.315 e. The molecule has 1 heterocycles. The van der Waals surface area contributed by atoms with Crippen LogP contribution in [0.25, 0.3) is 0 Å². The first-order chi connectivity index (χ1) is 15.3. The topological polar surface area (TPSA) is 122 Å². The van der Waals surface area contributed by atoms with E-state index in [1.165, 1.54) is 30.2 Å². The maximum absolute atomic E-state index is 14.7. The highest BCUT2D eigenvalue weighted by Gasteiger charge is 2.26. The Morgan fingerprint density at radius 1 is 1.19 bits per heavy atom. The summed E-state index contributed by atoms with van der Waals surface area (Å²) in [6.45, 7) is 0.980. The van der Waals surface area contributed by atoms with Crippen molar-refractivity contribution in [3.8, 4) is 0 Å². The average molecular weight is 471 g/mol. The lowest BCUT2D eigenvalue weighted by Gasteiger charge is -2.36. The van der Waals surface area contributed by atoms with E-state index in [0.717, 1.165) is 12.1 Å². The Kier molecular flexibility index (Phi) is 9.25. The van der Waals surface area contributed by atoms with E-state index in [-0.39, 0.29) is 67.3 Å². The van der Waals surface area contributed by atoms with E-state index in [1.807, 2.05) is 0 Å². The van der Waals surface area contributed by atoms with Crippen LogP contribution in [0.2, 0.25) is 0 Å². The highest BCUT2D eigenvalue weighted by molar-refractivity contribution is 7.80. The number of piperazine rings is 1. The quantitative estimate of drug-likeness (QED) is 0.149. The number of rotatable bonds is 7. The first kappa shape index (κ1) is 24.9. The zero-order chi connectivity index (χ0) is 23.7. The Hall–Kier alpha value is -3.35. The first-order valence-electron chi connectivity index (χ1n) is 9.50. The molecule has 0 aliphatic carbocycles. The molecule has 2 rings (SSSR count). The summed E-state index contributed by atoms with van der Waals surface area (Å²) in [5.74, 6) is 2.66. The SMILES string of the molecule is COC(=O)CC(=O)N1CCN(c2c(F)cc(N=CC(CNC(=S)OC)=NN)cc2F)CC1. The van der Waals surface area contributed by atoms with Crippen LogP contribution in [0.4, 0.5) is 20.2 Å². The number of benzene rings is 1. The molecule has 0 atom stereocenters. The lowest BCUT2D eigenvalue weighted by molar-refractivity contribution is -0.146. The van der Waals surface area contributed by atoms with Crippen LogP contribution in [0.3, 0.4) is 0 Å². The largest absolute Gasteiger partial charge is 0.474 e. The number of anilines is 1. The van der Waals surface area contributed by atoms with Crippen molar-refractivity contribution in [1.82, 2.24) is 10.2 Å². The van der Waals surface area contributed by atoms with Gasteiger partial charge in [-0.1, -0.05) is 0 Å². The van der Waals surface area contributed by atoms with Crippen molar-refractivity contribution in [2.45, 2.75) is 6.42 Å². The molecular formula is C19H24F2N6O4S. The maximum atomic E-state index is 14.7. The zero-order valence-electron chi connectivity index (χ0n) is 17.6. The molecule has 1 aromatic carbocycles. The number of hydrazone groups is 1. The Balaban J connectivity index is 2.03. The summed E-state index contributed by atoms with van der Waals surface area (Å²) in [4.78, 5) is 30.3. The van der Waals surface area contributed by atoms with Crippen LogP contribution >= 0.6 is 12.2 Å². The minimum atomic E-state index is -0.795. The number of ether oxygens (including phenoxy) is 2. The van der Waals surface area contributed by atoms with Crippen LogP contribution in [0.15, 0.2) is 22.2 Å². The monoisotopic (exact) mass is 470 g/mol. The van der Waals surface area contributed by atoms with Gasteiger partial charge in [-0.15, -0.1) is 0 Å². The summed E-state index contributed by atoms with van der Waals surface area (Å²) >= 11 is 4.84. The molecule has 0 saturated carbocycles. The second-order valence-corrected chi connectivity index (χ2v) is 6.97. The number of nitrogens with two attached hydrogens (primary N) is 1. The molecule has 1 amide bonds. The molecule has 3 N–H and O–H groups in total. The number of hydrogen-bond donors (Lipinski definition) is 2. The van der Waals surface area contributed by atoms with Gasteiger partial charge in [-0.05, 0) is 12.2 Å². The van der Waals surface area contributed by atoms with E-state index in [0.29, 0.717) is 0 Å². The molecule has 1 aliphatic heterocycles. The number of halogens is 2. The van der Waals surface area contributed by atoms with E-state index in [1.54, 1.807) is 0 Å². The molecule has 1 fully saturated rings. The second-order valence-electron chi connectivity index (χ2n) is 6.60. The van der Waals surface area contributed by atoms with Gasteiger partial charge in [0.25, 0.3) is 5.17 Å². The lowest BCUT2D eigenvalue weighted by Crippen LogP contribution is -2.49.